The van der Waals surface area contributed by atoms with E-state index in [0.717, 1.165) is 6.54 Å². The zero-order valence-corrected chi connectivity index (χ0v) is 15.1. The lowest BCUT2D eigenvalue weighted by Gasteiger charge is -2.34. The minimum absolute atomic E-state index is 0.0793. The molecule has 120 valence electrons. The van der Waals surface area contributed by atoms with E-state index in [2.05, 4.69) is 50.2 Å². The van der Waals surface area contributed by atoms with Gasteiger partial charge in [0, 0.05) is 18.0 Å². The Balaban J connectivity index is 2.27. The Kier molecular flexibility index (Phi) is 5.81. The van der Waals surface area contributed by atoms with Crippen molar-refractivity contribution in [3.8, 4) is 0 Å². The van der Waals surface area contributed by atoms with Crippen LogP contribution < -0.4 is 5.32 Å². The Morgan fingerprint density at radius 1 is 1.29 bits per heavy atom. The number of nitrogens with zero attached hydrogens (tertiary/aromatic N) is 2. The van der Waals surface area contributed by atoms with Crippen LogP contribution in [0.1, 0.15) is 70.5 Å². The van der Waals surface area contributed by atoms with Crippen molar-refractivity contribution in [2.75, 3.05) is 19.6 Å². The predicted molar refractivity (Wildman–Crippen MR) is 92.1 cm³/mol. The number of likely N-dealkylation sites (tertiary alicyclic amines) is 1. The highest BCUT2D eigenvalue weighted by Crippen LogP contribution is 2.36. The molecule has 1 aromatic rings. The van der Waals surface area contributed by atoms with E-state index in [1.807, 2.05) is 11.3 Å². The smallest absolute Gasteiger partial charge is 0.113 e. The lowest BCUT2D eigenvalue weighted by atomic mass is 9.90. The highest BCUT2D eigenvalue weighted by Gasteiger charge is 2.37. The summed E-state index contributed by atoms with van der Waals surface area (Å²) in [6.07, 6.45) is 3.63. The molecule has 0 saturated carbocycles. The molecule has 0 radical (unpaired) electrons. The van der Waals surface area contributed by atoms with Crippen molar-refractivity contribution < 1.29 is 0 Å². The Morgan fingerprint density at radius 3 is 2.62 bits per heavy atom. The summed E-state index contributed by atoms with van der Waals surface area (Å²) in [7, 11) is 0. The van der Waals surface area contributed by atoms with Crippen LogP contribution in [0.5, 0.6) is 0 Å². The summed E-state index contributed by atoms with van der Waals surface area (Å²) >= 11 is 1.85. The number of hydrogen-bond donors (Lipinski definition) is 1. The first-order valence-corrected chi connectivity index (χ1v) is 9.31. The minimum atomic E-state index is 0.0793. The van der Waals surface area contributed by atoms with Crippen LogP contribution in [0.15, 0.2) is 5.38 Å². The van der Waals surface area contributed by atoms with Gasteiger partial charge in [-0.2, -0.15) is 0 Å². The van der Waals surface area contributed by atoms with Crippen LogP contribution in [0, 0.1) is 0 Å². The van der Waals surface area contributed by atoms with Crippen molar-refractivity contribution in [2.45, 2.75) is 71.4 Å². The zero-order valence-electron chi connectivity index (χ0n) is 14.3. The maximum absolute atomic E-state index is 4.99. The normalized spacial score (nSPS) is 24.7. The molecule has 2 rings (SSSR count). The lowest BCUT2D eigenvalue weighted by molar-refractivity contribution is 0.249. The molecule has 0 bridgehead atoms. The summed E-state index contributed by atoms with van der Waals surface area (Å²) in [6.45, 7) is 14.8. The maximum atomic E-state index is 4.99. The molecule has 1 aromatic heterocycles. The predicted octanol–water partition coefficient (Wildman–Crippen LogP) is 3.97. The number of hydrogen-bond acceptors (Lipinski definition) is 4. The summed E-state index contributed by atoms with van der Waals surface area (Å²) in [6, 6.07) is 0.490. The molecule has 4 heteroatoms. The van der Waals surface area contributed by atoms with Gasteiger partial charge in [0.25, 0.3) is 0 Å². The Hall–Kier alpha value is -0.450. The number of rotatable bonds is 5. The molecule has 21 heavy (non-hydrogen) atoms. The summed E-state index contributed by atoms with van der Waals surface area (Å²) in [5.74, 6) is 0.518. The number of aromatic nitrogens is 1. The molecule has 1 aliphatic heterocycles. The molecule has 0 aliphatic carbocycles. The molecule has 2 heterocycles. The monoisotopic (exact) mass is 309 g/mol. The van der Waals surface area contributed by atoms with Gasteiger partial charge >= 0.3 is 0 Å². The van der Waals surface area contributed by atoms with Crippen LogP contribution in [0.2, 0.25) is 0 Å². The van der Waals surface area contributed by atoms with Gasteiger partial charge < -0.3 is 10.2 Å². The third-order valence-electron chi connectivity index (χ3n) is 4.47. The highest BCUT2D eigenvalue weighted by atomic mass is 32.1. The second-order valence-corrected chi connectivity index (χ2v) is 7.76. The molecule has 1 unspecified atom stereocenters. The van der Waals surface area contributed by atoms with E-state index in [-0.39, 0.29) is 5.54 Å². The van der Waals surface area contributed by atoms with Gasteiger partial charge in [-0.05, 0) is 52.1 Å². The van der Waals surface area contributed by atoms with Crippen molar-refractivity contribution in [1.82, 2.24) is 15.2 Å². The van der Waals surface area contributed by atoms with E-state index >= 15 is 0 Å². The van der Waals surface area contributed by atoms with E-state index in [4.69, 9.17) is 4.98 Å². The fraction of sp³-hybridized carbons (Fsp3) is 0.824. The summed E-state index contributed by atoms with van der Waals surface area (Å²) in [4.78, 5) is 7.56. The first kappa shape index (κ1) is 16.9. The van der Waals surface area contributed by atoms with Gasteiger partial charge in [-0.1, -0.05) is 20.8 Å². The van der Waals surface area contributed by atoms with E-state index in [9.17, 15) is 0 Å². The standard InChI is InChI=1S/C17H31N3S/c1-6-20-10-7-8-17(9-11-20,19-14(4)5)16-18-15(12-21-16)13(2)3/h12-14,19H,6-11H2,1-5H3. The van der Waals surface area contributed by atoms with Crippen LogP contribution in [0.25, 0.3) is 0 Å². The molecule has 0 aromatic carbocycles. The molecule has 0 amide bonds. The molecule has 1 saturated heterocycles. The van der Waals surface area contributed by atoms with Gasteiger partial charge in [0.15, 0.2) is 0 Å². The Morgan fingerprint density at radius 2 is 2.05 bits per heavy atom. The molecule has 1 atom stereocenters. The SMILES string of the molecule is CCN1CCCC(NC(C)C)(c2nc(C(C)C)cs2)CC1. The van der Waals surface area contributed by atoms with E-state index in [1.165, 1.54) is 43.1 Å². The Bertz CT molecular complexity index is 441. The second kappa shape index (κ2) is 7.21. The number of thiazole rings is 1. The average molecular weight is 310 g/mol. The molecular weight excluding hydrogens is 278 g/mol. The van der Waals surface area contributed by atoms with Gasteiger partial charge in [-0.3, -0.25) is 0 Å². The topological polar surface area (TPSA) is 28.2 Å². The molecular formula is C17H31N3S. The van der Waals surface area contributed by atoms with Crippen molar-refractivity contribution in [3.63, 3.8) is 0 Å². The minimum Gasteiger partial charge on any atom is -0.304 e. The van der Waals surface area contributed by atoms with Crippen molar-refractivity contribution in [3.05, 3.63) is 16.1 Å². The van der Waals surface area contributed by atoms with E-state index < -0.39 is 0 Å². The maximum Gasteiger partial charge on any atom is 0.113 e. The summed E-state index contributed by atoms with van der Waals surface area (Å²) in [5, 5.41) is 7.43. The fourth-order valence-electron chi connectivity index (χ4n) is 3.25. The quantitative estimate of drug-likeness (QED) is 0.892. The first-order valence-electron chi connectivity index (χ1n) is 8.43. The van der Waals surface area contributed by atoms with Crippen LogP contribution in [0.3, 0.4) is 0 Å². The van der Waals surface area contributed by atoms with Crippen LogP contribution in [-0.2, 0) is 5.54 Å². The molecule has 1 aliphatic rings. The van der Waals surface area contributed by atoms with Crippen LogP contribution in [-0.4, -0.2) is 35.6 Å². The molecule has 1 N–H and O–H groups in total. The molecule has 0 spiro atoms. The average Bonchev–Trinajstić information content (AvgIpc) is 2.83. The lowest BCUT2D eigenvalue weighted by Crippen LogP contribution is -2.46. The highest BCUT2D eigenvalue weighted by molar-refractivity contribution is 7.09. The zero-order chi connectivity index (χ0) is 15.5. The van der Waals surface area contributed by atoms with E-state index in [0.29, 0.717) is 12.0 Å². The first-order chi connectivity index (χ1) is 9.97. The van der Waals surface area contributed by atoms with Crippen molar-refractivity contribution in [2.24, 2.45) is 0 Å². The van der Waals surface area contributed by atoms with Crippen molar-refractivity contribution >= 4 is 11.3 Å². The van der Waals surface area contributed by atoms with E-state index in [1.54, 1.807) is 0 Å². The third-order valence-corrected chi connectivity index (χ3v) is 5.53. The van der Waals surface area contributed by atoms with Crippen LogP contribution >= 0.6 is 11.3 Å². The van der Waals surface area contributed by atoms with Gasteiger partial charge in [0.1, 0.15) is 5.01 Å². The van der Waals surface area contributed by atoms with Gasteiger partial charge in [-0.25, -0.2) is 4.98 Å². The summed E-state index contributed by atoms with van der Waals surface area (Å²) < 4.78 is 0. The third kappa shape index (κ3) is 4.05. The van der Waals surface area contributed by atoms with Gasteiger partial charge in [0.2, 0.25) is 0 Å². The van der Waals surface area contributed by atoms with Crippen LogP contribution in [0.4, 0.5) is 0 Å². The fourth-order valence-corrected chi connectivity index (χ4v) is 4.45. The largest absolute Gasteiger partial charge is 0.304 e. The van der Waals surface area contributed by atoms with Gasteiger partial charge in [-0.15, -0.1) is 11.3 Å². The number of nitrogens with one attached hydrogen (secondary N) is 1. The molecule has 3 nitrogen and oxygen atoms in total. The van der Waals surface area contributed by atoms with Crippen molar-refractivity contribution in [1.29, 1.82) is 0 Å². The Labute approximate surface area is 134 Å². The van der Waals surface area contributed by atoms with Gasteiger partial charge in [0.05, 0.1) is 11.2 Å². The second-order valence-electron chi connectivity index (χ2n) is 6.90. The summed E-state index contributed by atoms with van der Waals surface area (Å²) in [5.41, 5.74) is 1.33. The molecule has 1 fully saturated rings.